The van der Waals surface area contributed by atoms with Crippen molar-refractivity contribution in [3.8, 4) is 10.6 Å². The molecule has 4 nitrogen and oxygen atoms in total. The van der Waals surface area contributed by atoms with E-state index in [2.05, 4.69) is 20.3 Å². The maximum atomic E-state index is 13.7. The zero-order valence-corrected chi connectivity index (χ0v) is 12.2. The number of aromatic amines is 1. The Morgan fingerprint density at radius 2 is 2.05 bits per heavy atom. The highest BCUT2D eigenvalue weighted by molar-refractivity contribution is 7.13. The normalized spacial score (nSPS) is 11.0. The second-order valence-corrected chi connectivity index (χ2v) is 5.65. The lowest BCUT2D eigenvalue weighted by atomic mass is 10.2. The number of hydrogen-bond donors (Lipinski definition) is 2. The SMILES string of the molecule is Fc1ccccc1Nc1nc2ccc(-c3nccs3)cc2[nH]1. The number of aromatic nitrogens is 3. The molecule has 0 aliphatic carbocycles. The first-order valence-electron chi connectivity index (χ1n) is 6.71. The predicted molar refractivity (Wildman–Crippen MR) is 86.9 cm³/mol. The molecule has 108 valence electrons. The third-order valence-electron chi connectivity index (χ3n) is 3.29. The molecule has 2 aromatic carbocycles. The van der Waals surface area contributed by atoms with Gasteiger partial charge in [-0.1, -0.05) is 12.1 Å². The summed E-state index contributed by atoms with van der Waals surface area (Å²) >= 11 is 1.59. The number of halogens is 1. The van der Waals surface area contributed by atoms with Crippen LogP contribution >= 0.6 is 11.3 Å². The summed E-state index contributed by atoms with van der Waals surface area (Å²) in [6.07, 6.45) is 1.78. The fourth-order valence-corrected chi connectivity index (χ4v) is 2.89. The van der Waals surface area contributed by atoms with Crippen molar-refractivity contribution in [1.82, 2.24) is 15.0 Å². The second kappa shape index (κ2) is 5.23. The average Bonchev–Trinajstić information content (AvgIpc) is 3.17. The number of hydrogen-bond acceptors (Lipinski definition) is 4. The van der Waals surface area contributed by atoms with Gasteiger partial charge in [0, 0.05) is 17.1 Å². The Kier molecular flexibility index (Phi) is 3.08. The molecule has 0 saturated carbocycles. The lowest BCUT2D eigenvalue weighted by molar-refractivity contribution is 0.631. The molecule has 2 heterocycles. The highest BCUT2D eigenvalue weighted by Gasteiger charge is 2.08. The Bertz CT molecular complexity index is 930. The number of benzene rings is 2. The number of rotatable bonds is 3. The molecular formula is C16H11FN4S. The number of imidazole rings is 1. The molecule has 0 aliphatic heterocycles. The van der Waals surface area contributed by atoms with Crippen molar-refractivity contribution < 1.29 is 4.39 Å². The number of H-pyrrole nitrogens is 1. The van der Waals surface area contributed by atoms with Crippen LogP contribution in [0.4, 0.5) is 16.0 Å². The summed E-state index contributed by atoms with van der Waals surface area (Å²) in [6.45, 7) is 0. The molecule has 0 amide bonds. The molecule has 0 spiro atoms. The minimum atomic E-state index is -0.313. The van der Waals surface area contributed by atoms with E-state index >= 15 is 0 Å². The number of anilines is 2. The molecule has 0 aliphatic rings. The van der Waals surface area contributed by atoms with Crippen molar-refractivity contribution in [1.29, 1.82) is 0 Å². The van der Waals surface area contributed by atoms with E-state index in [1.165, 1.54) is 6.07 Å². The lowest BCUT2D eigenvalue weighted by Gasteiger charge is -2.02. The van der Waals surface area contributed by atoms with Crippen LogP contribution in [0, 0.1) is 5.82 Å². The van der Waals surface area contributed by atoms with Crippen molar-refractivity contribution in [3.05, 3.63) is 59.9 Å². The highest BCUT2D eigenvalue weighted by Crippen LogP contribution is 2.26. The second-order valence-electron chi connectivity index (χ2n) is 4.76. The summed E-state index contributed by atoms with van der Waals surface area (Å²) in [5, 5.41) is 5.86. The van der Waals surface area contributed by atoms with Crippen LogP contribution in [-0.2, 0) is 0 Å². The van der Waals surface area contributed by atoms with E-state index < -0.39 is 0 Å². The summed E-state index contributed by atoms with van der Waals surface area (Å²) in [4.78, 5) is 11.9. The zero-order chi connectivity index (χ0) is 14.9. The largest absolute Gasteiger partial charge is 0.324 e. The van der Waals surface area contributed by atoms with E-state index in [-0.39, 0.29) is 5.82 Å². The van der Waals surface area contributed by atoms with Gasteiger partial charge in [0.2, 0.25) is 5.95 Å². The maximum Gasteiger partial charge on any atom is 0.205 e. The average molecular weight is 310 g/mol. The van der Waals surface area contributed by atoms with E-state index in [9.17, 15) is 4.39 Å². The molecular weight excluding hydrogens is 299 g/mol. The summed E-state index contributed by atoms with van der Waals surface area (Å²) in [7, 11) is 0. The van der Waals surface area contributed by atoms with Crippen LogP contribution in [0.1, 0.15) is 0 Å². The first-order chi connectivity index (χ1) is 10.8. The Morgan fingerprint density at radius 3 is 2.86 bits per heavy atom. The van der Waals surface area contributed by atoms with Gasteiger partial charge in [0.05, 0.1) is 16.7 Å². The summed E-state index contributed by atoms with van der Waals surface area (Å²) in [5.74, 6) is 0.197. The third-order valence-corrected chi connectivity index (χ3v) is 4.11. The van der Waals surface area contributed by atoms with Crippen LogP contribution in [-0.4, -0.2) is 15.0 Å². The van der Waals surface area contributed by atoms with Crippen LogP contribution in [0.5, 0.6) is 0 Å². The molecule has 4 aromatic rings. The van der Waals surface area contributed by atoms with Crippen molar-refractivity contribution in [2.75, 3.05) is 5.32 Å². The van der Waals surface area contributed by atoms with Crippen LogP contribution in [0.2, 0.25) is 0 Å². The maximum absolute atomic E-state index is 13.7. The quantitative estimate of drug-likeness (QED) is 0.583. The minimum absolute atomic E-state index is 0.313. The Hall–Kier alpha value is -2.73. The van der Waals surface area contributed by atoms with Crippen molar-refractivity contribution in [2.24, 2.45) is 0 Å². The molecule has 22 heavy (non-hydrogen) atoms. The molecule has 0 fully saturated rings. The Labute approximate surface area is 129 Å². The zero-order valence-electron chi connectivity index (χ0n) is 11.4. The summed E-state index contributed by atoms with van der Waals surface area (Å²) in [5.41, 5.74) is 3.12. The molecule has 4 rings (SSSR count). The van der Waals surface area contributed by atoms with Crippen LogP contribution in [0.3, 0.4) is 0 Å². The lowest BCUT2D eigenvalue weighted by Crippen LogP contribution is -1.94. The van der Waals surface area contributed by atoms with E-state index in [1.807, 2.05) is 23.6 Å². The van der Waals surface area contributed by atoms with Crippen LogP contribution in [0.25, 0.3) is 21.6 Å². The van der Waals surface area contributed by atoms with Gasteiger partial charge in [0.1, 0.15) is 10.8 Å². The van der Waals surface area contributed by atoms with Gasteiger partial charge in [-0.05, 0) is 30.3 Å². The third kappa shape index (κ3) is 2.33. The number of fused-ring (bicyclic) bond motifs is 1. The molecule has 2 N–H and O–H groups in total. The van der Waals surface area contributed by atoms with Crippen molar-refractivity contribution in [3.63, 3.8) is 0 Å². The first kappa shape index (κ1) is 13.0. The van der Waals surface area contributed by atoms with Gasteiger partial charge in [-0.3, -0.25) is 0 Å². The van der Waals surface area contributed by atoms with Crippen LogP contribution < -0.4 is 5.32 Å². The van der Waals surface area contributed by atoms with Gasteiger partial charge < -0.3 is 10.3 Å². The van der Waals surface area contributed by atoms with Crippen molar-refractivity contribution >= 4 is 34.0 Å². The molecule has 0 unspecified atom stereocenters. The fraction of sp³-hybridized carbons (Fsp3) is 0. The standard InChI is InChI=1S/C16H11FN4S/c17-11-3-1-2-4-12(11)19-16-20-13-6-5-10(9-14(13)21-16)15-18-7-8-22-15/h1-9H,(H2,19,20,21). The van der Waals surface area contributed by atoms with Gasteiger partial charge in [-0.15, -0.1) is 11.3 Å². The number of nitrogens with one attached hydrogen (secondary N) is 2. The number of nitrogens with zero attached hydrogens (tertiary/aromatic N) is 2. The van der Waals surface area contributed by atoms with Gasteiger partial charge in [0.15, 0.2) is 0 Å². The Morgan fingerprint density at radius 1 is 1.14 bits per heavy atom. The number of thiazole rings is 1. The number of para-hydroxylation sites is 1. The van der Waals surface area contributed by atoms with E-state index in [4.69, 9.17) is 0 Å². The molecule has 0 bridgehead atoms. The van der Waals surface area contributed by atoms with Gasteiger partial charge in [0.25, 0.3) is 0 Å². The molecule has 0 atom stereocenters. The van der Waals surface area contributed by atoms with Crippen molar-refractivity contribution in [2.45, 2.75) is 0 Å². The smallest absolute Gasteiger partial charge is 0.205 e. The first-order valence-corrected chi connectivity index (χ1v) is 7.59. The summed E-state index contributed by atoms with van der Waals surface area (Å²) < 4.78 is 13.7. The minimum Gasteiger partial charge on any atom is -0.324 e. The molecule has 6 heteroatoms. The topological polar surface area (TPSA) is 53.6 Å². The Balaban J connectivity index is 1.70. The van der Waals surface area contributed by atoms with Gasteiger partial charge in [-0.2, -0.15) is 0 Å². The molecule has 0 radical (unpaired) electrons. The van der Waals surface area contributed by atoms with Gasteiger partial charge in [-0.25, -0.2) is 14.4 Å². The molecule has 0 saturated heterocycles. The fourth-order valence-electron chi connectivity index (χ4n) is 2.26. The van der Waals surface area contributed by atoms with Gasteiger partial charge >= 0.3 is 0 Å². The predicted octanol–water partition coefficient (Wildman–Crippen LogP) is 4.57. The monoisotopic (exact) mass is 310 g/mol. The van der Waals surface area contributed by atoms with Crippen LogP contribution in [0.15, 0.2) is 54.0 Å². The van der Waals surface area contributed by atoms with E-state index in [0.29, 0.717) is 11.6 Å². The molecule has 2 aromatic heterocycles. The highest BCUT2D eigenvalue weighted by atomic mass is 32.1. The van der Waals surface area contributed by atoms with E-state index in [1.54, 1.807) is 35.7 Å². The summed E-state index contributed by atoms with van der Waals surface area (Å²) in [6, 6.07) is 12.4. The van der Waals surface area contributed by atoms with E-state index in [0.717, 1.165) is 21.6 Å².